The summed E-state index contributed by atoms with van der Waals surface area (Å²) in [5.74, 6) is 0.182. The van der Waals surface area contributed by atoms with Gasteiger partial charge >= 0.3 is 0 Å². The van der Waals surface area contributed by atoms with Gasteiger partial charge in [0.05, 0.1) is 10.2 Å². The number of anilines is 1. The normalized spacial score (nSPS) is 11.1. The number of phenolic OH excluding ortho intramolecular Hbond substituents is 1. The lowest BCUT2D eigenvalue weighted by Crippen LogP contribution is -2.09. The van der Waals surface area contributed by atoms with E-state index >= 15 is 0 Å². The zero-order valence-corrected chi connectivity index (χ0v) is 15.2. The zero-order valence-electron chi connectivity index (χ0n) is 12.1. The van der Waals surface area contributed by atoms with Crippen LogP contribution in [0.15, 0.2) is 44.3 Å². The van der Waals surface area contributed by atoms with E-state index in [1.807, 2.05) is 38.4 Å². The topological polar surface area (TPSA) is 35.8 Å². The molecule has 0 saturated heterocycles. The molecule has 5 heteroatoms. The van der Waals surface area contributed by atoms with E-state index in [4.69, 9.17) is 0 Å². The molecule has 21 heavy (non-hydrogen) atoms. The summed E-state index contributed by atoms with van der Waals surface area (Å²) in [5, 5.41) is 10.0. The van der Waals surface area contributed by atoms with Crippen molar-refractivity contribution in [2.75, 3.05) is 19.0 Å². The summed E-state index contributed by atoms with van der Waals surface area (Å²) in [6.45, 7) is 2.07. The largest absolute Gasteiger partial charge is 0.506 e. The highest BCUT2D eigenvalue weighted by Crippen LogP contribution is 2.31. The third-order valence-corrected chi connectivity index (χ3v) is 4.15. The van der Waals surface area contributed by atoms with Crippen molar-refractivity contribution in [2.24, 2.45) is 4.99 Å². The van der Waals surface area contributed by atoms with E-state index in [0.29, 0.717) is 10.0 Å². The maximum atomic E-state index is 10.0. The number of phenols is 1. The van der Waals surface area contributed by atoms with Crippen molar-refractivity contribution in [1.82, 2.24) is 0 Å². The predicted octanol–water partition coefficient (Wildman–Crippen LogP) is 5.04. The predicted molar refractivity (Wildman–Crippen MR) is 96.3 cm³/mol. The van der Waals surface area contributed by atoms with Crippen LogP contribution in [0.4, 0.5) is 11.4 Å². The second-order valence-electron chi connectivity index (χ2n) is 4.95. The van der Waals surface area contributed by atoms with Gasteiger partial charge in [0.15, 0.2) is 0 Å². The Bertz CT molecular complexity index is 697. The van der Waals surface area contributed by atoms with E-state index in [1.54, 1.807) is 12.3 Å². The average molecular weight is 412 g/mol. The number of aryl methyl sites for hydroxylation is 1. The van der Waals surface area contributed by atoms with Crippen LogP contribution in [0.1, 0.15) is 11.1 Å². The maximum Gasteiger partial charge on any atom is 0.138 e. The molecule has 2 aromatic carbocycles. The molecule has 0 heterocycles. The molecule has 0 aromatic heterocycles. The molecule has 0 aliphatic rings. The second kappa shape index (κ2) is 6.62. The maximum absolute atomic E-state index is 10.0. The van der Waals surface area contributed by atoms with E-state index in [1.165, 1.54) is 5.56 Å². The van der Waals surface area contributed by atoms with Gasteiger partial charge in [0.2, 0.25) is 0 Å². The molecule has 0 bridgehead atoms. The number of aromatic hydroxyl groups is 1. The molecule has 110 valence electrons. The van der Waals surface area contributed by atoms with Crippen LogP contribution < -0.4 is 4.90 Å². The van der Waals surface area contributed by atoms with Gasteiger partial charge in [-0.3, -0.25) is 4.99 Å². The molecular formula is C16H16Br2N2O. The number of nitrogens with zero attached hydrogens (tertiary/aromatic N) is 2. The Balaban J connectivity index is 2.36. The quantitative estimate of drug-likeness (QED) is 0.718. The van der Waals surface area contributed by atoms with Gasteiger partial charge in [0, 0.05) is 36.0 Å². The molecule has 0 spiro atoms. The lowest BCUT2D eigenvalue weighted by Gasteiger charge is -2.15. The molecule has 0 aliphatic carbocycles. The number of hydrogen-bond acceptors (Lipinski definition) is 3. The van der Waals surface area contributed by atoms with Gasteiger partial charge in [-0.25, -0.2) is 0 Å². The van der Waals surface area contributed by atoms with Gasteiger partial charge in [-0.1, -0.05) is 22.0 Å². The highest BCUT2D eigenvalue weighted by Gasteiger charge is 2.06. The highest BCUT2D eigenvalue weighted by molar-refractivity contribution is 9.11. The number of hydrogen-bond donors (Lipinski definition) is 1. The van der Waals surface area contributed by atoms with Crippen LogP contribution in [0.3, 0.4) is 0 Å². The number of aliphatic imine (C=N–C) groups is 1. The van der Waals surface area contributed by atoms with Gasteiger partial charge in [-0.15, -0.1) is 0 Å². The Morgan fingerprint density at radius 3 is 2.52 bits per heavy atom. The molecule has 0 fully saturated rings. The highest BCUT2D eigenvalue weighted by atomic mass is 79.9. The van der Waals surface area contributed by atoms with Crippen molar-refractivity contribution in [3.05, 3.63) is 50.4 Å². The van der Waals surface area contributed by atoms with Crippen molar-refractivity contribution >= 4 is 49.4 Å². The molecular weight excluding hydrogens is 396 g/mol. The summed E-state index contributed by atoms with van der Waals surface area (Å²) in [6, 6.07) is 9.64. The van der Waals surface area contributed by atoms with Crippen LogP contribution in [-0.4, -0.2) is 25.4 Å². The van der Waals surface area contributed by atoms with Gasteiger partial charge in [-0.2, -0.15) is 0 Å². The standard InChI is InChI=1S/C16H16Br2N2O/c1-10-4-5-13(8-15(10)20(2)3)19-9-11-6-12(17)7-14(18)16(11)21/h4-9,21H,1-3H3. The Morgan fingerprint density at radius 1 is 1.14 bits per heavy atom. The van der Waals surface area contributed by atoms with Crippen molar-refractivity contribution in [1.29, 1.82) is 0 Å². The number of rotatable bonds is 3. The molecule has 0 atom stereocenters. The van der Waals surface area contributed by atoms with E-state index in [-0.39, 0.29) is 5.75 Å². The molecule has 0 aliphatic heterocycles. The van der Waals surface area contributed by atoms with E-state index < -0.39 is 0 Å². The summed E-state index contributed by atoms with van der Waals surface area (Å²) >= 11 is 6.72. The van der Waals surface area contributed by atoms with E-state index in [0.717, 1.165) is 15.8 Å². The fourth-order valence-corrected chi connectivity index (χ4v) is 3.25. The summed E-state index contributed by atoms with van der Waals surface area (Å²) in [7, 11) is 4.01. The van der Waals surface area contributed by atoms with Crippen LogP contribution in [-0.2, 0) is 0 Å². The Morgan fingerprint density at radius 2 is 1.86 bits per heavy atom. The Kier molecular flexibility index (Phi) is 5.06. The van der Waals surface area contributed by atoms with Crippen molar-refractivity contribution in [2.45, 2.75) is 6.92 Å². The van der Waals surface area contributed by atoms with Crippen LogP contribution in [0.25, 0.3) is 0 Å². The average Bonchev–Trinajstić information content (AvgIpc) is 2.42. The van der Waals surface area contributed by atoms with Gasteiger partial charge < -0.3 is 10.0 Å². The summed E-state index contributed by atoms with van der Waals surface area (Å²) in [6.07, 6.45) is 1.66. The monoisotopic (exact) mass is 410 g/mol. The van der Waals surface area contributed by atoms with Crippen LogP contribution in [0.5, 0.6) is 5.75 Å². The van der Waals surface area contributed by atoms with Crippen LogP contribution >= 0.6 is 31.9 Å². The molecule has 0 unspecified atom stereocenters. The molecule has 0 amide bonds. The van der Waals surface area contributed by atoms with Crippen molar-refractivity contribution in [3.63, 3.8) is 0 Å². The van der Waals surface area contributed by atoms with Crippen LogP contribution in [0, 0.1) is 6.92 Å². The lowest BCUT2D eigenvalue weighted by atomic mass is 10.1. The molecule has 2 aromatic rings. The number of halogens is 2. The first kappa shape index (κ1) is 16.0. The third kappa shape index (κ3) is 3.86. The molecule has 2 rings (SSSR count). The van der Waals surface area contributed by atoms with Crippen LogP contribution in [0.2, 0.25) is 0 Å². The Labute approximate surface area is 141 Å². The smallest absolute Gasteiger partial charge is 0.138 e. The number of benzene rings is 2. The zero-order chi connectivity index (χ0) is 15.6. The third-order valence-electron chi connectivity index (χ3n) is 3.08. The first-order valence-electron chi connectivity index (χ1n) is 6.38. The molecule has 3 nitrogen and oxygen atoms in total. The van der Waals surface area contributed by atoms with Gasteiger partial charge in [-0.05, 0) is 52.7 Å². The summed E-state index contributed by atoms with van der Waals surface area (Å²) in [4.78, 5) is 6.51. The lowest BCUT2D eigenvalue weighted by molar-refractivity contribution is 0.471. The van der Waals surface area contributed by atoms with E-state index in [2.05, 4.69) is 48.7 Å². The first-order chi connectivity index (χ1) is 9.88. The Hall–Kier alpha value is -1.33. The fraction of sp³-hybridized carbons (Fsp3) is 0.188. The van der Waals surface area contributed by atoms with Crippen molar-refractivity contribution in [3.8, 4) is 5.75 Å². The molecule has 0 radical (unpaired) electrons. The SMILES string of the molecule is Cc1ccc(N=Cc2cc(Br)cc(Br)c2O)cc1N(C)C. The van der Waals surface area contributed by atoms with Gasteiger partial charge in [0.1, 0.15) is 5.75 Å². The van der Waals surface area contributed by atoms with Gasteiger partial charge in [0.25, 0.3) is 0 Å². The minimum Gasteiger partial charge on any atom is -0.506 e. The first-order valence-corrected chi connectivity index (χ1v) is 7.97. The second-order valence-corrected chi connectivity index (χ2v) is 6.72. The molecule has 0 saturated carbocycles. The minimum absolute atomic E-state index is 0.182. The minimum atomic E-state index is 0.182. The van der Waals surface area contributed by atoms with Crippen molar-refractivity contribution < 1.29 is 5.11 Å². The van der Waals surface area contributed by atoms with E-state index in [9.17, 15) is 5.11 Å². The molecule has 1 N–H and O–H groups in total. The fourth-order valence-electron chi connectivity index (χ4n) is 1.99. The summed E-state index contributed by atoms with van der Waals surface area (Å²) < 4.78 is 1.52. The summed E-state index contributed by atoms with van der Waals surface area (Å²) in [5.41, 5.74) is 3.83.